The number of benzene rings is 2. The maximum atomic E-state index is 12.4. The Kier molecular flexibility index (Phi) is 5.75. The summed E-state index contributed by atoms with van der Waals surface area (Å²) in [6.07, 6.45) is 0.947. The fraction of sp³-hybridized carbons (Fsp3) is 0.200. The number of ether oxygens (including phenoxy) is 2. The van der Waals surface area contributed by atoms with Gasteiger partial charge in [0, 0.05) is 12.5 Å². The normalized spacial score (nSPS) is 9.62. The molecule has 0 bridgehead atoms. The van der Waals surface area contributed by atoms with Gasteiger partial charge in [-0.3, -0.25) is 9.59 Å². The van der Waals surface area contributed by atoms with Gasteiger partial charge in [0.15, 0.2) is 0 Å². The van der Waals surface area contributed by atoms with E-state index in [0.29, 0.717) is 5.75 Å². The number of Topliss-reactive ketones (excluding diaryl/α,β-unsaturated/α-hetero) is 1. The lowest BCUT2D eigenvalue weighted by molar-refractivity contribution is -0.131. The topological polar surface area (TPSA) is 52.6 Å². The van der Waals surface area contributed by atoms with Crippen molar-refractivity contribution in [3.63, 3.8) is 0 Å². The summed E-state index contributed by atoms with van der Waals surface area (Å²) in [4.78, 5) is 23.6. The predicted octanol–water partition coefficient (Wildman–Crippen LogP) is 3.42. The Morgan fingerprint density at radius 3 is 2.38 bits per heavy atom. The van der Waals surface area contributed by atoms with E-state index < -0.39 is 11.8 Å². The fourth-order valence-corrected chi connectivity index (χ4v) is 2.08. The Labute approximate surface area is 141 Å². The van der Waals surface area contributed by atoms with Gasteiger partial charge in [0.2, 0.25) is 5.78 Å². The van der Waals surface area contributed by atoms with Gasteiger partial charge in [0.05, 0.1) is 12.7 Å². The van der Waals surface area contributed by atoms with Crippen molar-refractivity contribution in [1.82, 2.24) is 0 Å². The van der Waals surface area contributed by atoms with E-state index in [1.807, 2.05) is 24.3 Å². The molecule has 0 atom stereocenters. The zero-order valence-corrected chi connectivity index (χ0v) is 13.9. The number of methoxy groups -OCH3 is 1. The molecular weight excluding hydrogens is 304 g/mol. The number of carbonyl (C=O) groups excluding carboxylic acids is 2. The standard InChI is InChI=1S/C20H18O4/c1-4-15-5-7-16(8-6-15)9-11-19(22)18-13-17(23-3)10-12-20(18)24-14(2)21/h5-8,10,12-13H,4H2,1-3H3. The summed E-state index contributed by atoms with van der Waals surface area (Å²) in [5.41, 5.74) is 2.15. The van der Waals surface area contributed by atoms with Crippen LogP contribution in [0.3, 0.4) is 0 Å². The third-order valence-electron chi connectivity index (χ3n) is 3.37. The van der Waals surface area contributed by atoms with Gasteiger partial charge in [-0.25, -0.2) is 0 Å². The van der Waals surface area contributed by atoms with Crippen LogP contribution in [0.4, 0.5) is 0 Å². The molecule has 2 rings (SSSR count). The van der Waals surface area contributed by atoms with Crippen molar-refractivity contribution in [2.24, 2.45) is 0 Å². The molecule has 2 aromatic rings. The highest BCUT2D eigenvalue weighted by molar-refractivity contribution is 6.11. The Hall–Kier alpha value is -3.06. The number of aryl methyl sites for hydroxylation is 1. The largest absolute Gasteiger partial charge is 0.497 e. The van der Waals surface area contributed by atoms with Gasteiger partial charge in [0.25, 0.3) is 0 Å². The zero-order valence-electron chi connectivity index (χ0n) is 13.9. The molecule has 122 valence electrons. The molecule has 2 aromatic carbocycles. The second-order valence-electron chi connectivity index (χ2n) is 5.09. The highest BCUT2D eigenvalue weighted by Crippen LogP contribution is 2.24. The van der Waals surface area contributed by atoms with Gasteiger partial charge < -0.3 is 9.47 Å². The van der Waals surface area contributed by atoms with E-state index in [1.165, 1.54) is 31.7 Å². The van der Waals surface area contributed by atoms with Gasteiger partial charge in [0.1, 0.15) is 11.5 Å². The molecule has 4 nitrogen and oxygen atoms in total. The van der Waals surface area contributed by atoms with Crippen LogP contribution in [0.25, 0.3) is 0 Å². The molecule has 0 saturated carbocycles. The maximum absolute atomic E-state index is 12.4. The quantitative estimate of drug-likeness (QED) is 0.375. The predicted molar refractivity (Wildman–Crippen MR) is 91.3 cm³/mol. The molecule has 0 aliphatic rings. The second-order valence-corrected chi connectivity index (χ2v) is 5.09. The van der Waals surface area contributed by atoms with Crippen LogP contribution in [0.5, 0.6) is 11.5 Å². The van der Waals surface area contributed by atoms with E-state index in [-0.39, 0.29) is 11.3 Å². The lowest BCUT2D eigenvalue weighted by Crippen LogP contribution is -2.07. The molecule has 0 saturated heterocycles. The summed E-state index contributed by atoms with van der Waals surface area (Å²) in [5.74, 6) is 5.13. The highest BCUT2D eigenvalue weighted by atomic mass is 16.5. The van der Waals surface area contributed by atoms with Gasteiger partial charge in [-0.2, -0.15) is 0 Å². The SMILES string of the molecule is CCc1ccc(C#CC(=O)c2cc(OC)ccc2OC(C)=O)cc1. The van der Waals surface area contributed by atoms with Gasteiger partial charge in [-0.1, -0.05) is 25.0 Å². The summed E-state index contributed by atoms with van der Waals surface area (Å²) in [7, 11) is 1.50. The van der Waals surface area contributed by atoms with E-state index in [1.54, 1.807) is 6.07 Å². The smallest absolute Gasteiger partial charge is 0.308 e. The summed E-state index contributed by atoms with van der Waals surface area (Å²) >= 11 is 0. The van der Waals surface area contributed by atoms with Crippen LogP contribution in [0.2, 0.25) is 0 Å². The monoisotopic (exact) mass is 322 g/mol. The first-order chi connectivity index (χ1) is 11.5. The minimum Gasteiger partial charge on any atom is -0.497 e. The number of hydrogen-bond acceptors (Lipinski definition) is 4. The van der Waals surface area contributed by atoms with Crippen molar-refractivity contribution >= 4 is 11.8 Å². The first-order valence-corrected chi connectivity index (χ1v) is 7.55. The second kappa shape index (κ2) is 7.98. The Balaban J connectivity index is 2.31. The number of rotatable bonds is 4. The molecule has 0 aliphatic carbocycles. The minimum atomic E-state index is -0.502. The number of carbonyl (C=O) groups is 2. The number of hydrogen-bond donors (Lipinski definition) is 0. The van der Waals surface area contributed by atoms with E-state index >= 15 is 0 Å². The van der Waals surface area contributed by atoms with Crippen molar-refractivity contribution in [3.8, 4) is 23.3 Å². The first kappa shape index (κ1) is 17.3. The maximum Gasteiger partial charge on any atom is 0.308 e. The Morgan fingerprint density at radius 1 is 1.08 bits per heavy atom. The average molecular weight is 322 g/mol. The molecule has 0 heterocycles. The van der Waals surface area contributed by atoms with Gasteiger partial charge >= 0.3 is 5.97 Å². The van der Waals surface area contributed by atoms with Crippen molar-refractivity contribution < 1.29 is 19.1 Å². The summed E-state index contributed by atoms with van der Waals surface area (Å²) in [5, 5.41) is 0. The van der Waals surface area contributed by atoms with Crippen molar-refractivity contribution in [2.75, 3.05) is 7.11 Å². The molecule has 0 aromatic heterocycles. The fourth-order valence-electron chi connectivity index (χ4n) is 2.08. The van der Waals surface area contributed by atoms with E-state index in [4.69, 9.17) is 9.47 Å². The molecule has 0 fully saturated rings. The third kappa shape index (κ3) is 4.47. The number of ketones is 1. The van der Waals surface area contributed by atoms with Crippen molar-refractivity contribution in [3.05, 3.63) is 59.2 Å². The van der Waals surface area contributed by atoms with Gasteiger partial charge in [-0.15, -0.1) is 0 Å². The molecule has 0 unspecified atom stereocenters. The van der Waals surface area contributed by atoms with Crippen LogP contribution in [-0.4, -0.2) is 18.9 Å². The Morgan fingerprint density at radius 2 is 1.79 bits per heavy atom. The summed E-state index contributed by atoms with van der Waals surface area (Å²) < 4.78 is 10.2. The molecule has 4 heteroatoms. The molecule has 0 spiro atoms. The molecule has 24 heavy (non-hydrogen) atoms. The lowest BCUT2D eigenvalue weighted by Gasteiger charge is -2.07. The molecule has 0 N–H and O–H groups in total. The van der Waals surface area contributed by atoms with Crippen LogP contribution >= 0.6 is 0 Å². The van der Waals surface area contributed by atoms with Crippen LogP contribution in [0.15, 0.2) is 42.5 Å². The third-order valence-corrected chi connectivity index (χ3v) is 3.37. The molecule has 0 radical (unpaired) electrons. The minimum absolute atomic E-state index is 0.170. The highest BCUT2D eigenvalue weighted by Gasteiger charge is 2.14. The lowest BCUT2D eigenvalue weighted by atomic mass is 10.1. The van der Waals surface area contributed by atoms with E-state index in [0.717, 1.165) is 12.0 Å². The Bertz CT molecular complexity index is 808. The molecule has 0 amide bonds. The zero-order chi connectivity index (χ0) is 17.5. The summed E-state index contributed by atoms with van der Waals surface area (Å²) in [6, 6.07) is 12.3. The van der Waals surface area contributed by atoms with Crippen LogP contribution in [0.1, 0.15) is 35.3 Å². The van der Waals surface area contributed by atoms with Crippen molar-refractivity contribution in [1.29, 1.82) is 0 Å². The number of esters is 1. The molecular formula is C20H18O4. The van der Waals surface area contributed by atoms with Crippen LogP contribution in [0, 0.1) is 11.8 Å². The van der Waals surface area contributed by atoms with E-state index in [2.05, 4.69) is 18.8 Å². The van der Waals surface area contributed by atoms with Crippen LogP contribution < -0.4 is 9.47 Å². The first-order valence-electron chi connectivity index (χ1n) is 7.55. The van der Waals surface area contributed by atoms with E-state index in [9.17, 15) is 9.59 Å². The van der Waals surface area contributed by atoms with Crippen LogP contribution in [-0.2, 0) is 11.2 Å². The summed E-state index contributed by atoms with van der Waals surface area (Å²) in [6.45, 7) is 3.35. The van der Waals surface area contributed by atoms with Crippen molar-refractivity contribution in [2.45, 2.75) is 20.3 Å². The molecule has 0 aliphatic heterocycles. The average Bonchev–Trinajstić information content (AvgIpc) is 2.60. The van der Waals surface area contributed by atoms with Gasteiger partial charge in [-0.05, 0) is 48.2 Å².